The van der Waals surface area contributed by atoms with Crippen molar-refractivity contribution in [3.8, 4) is 0 Å². The molecular weight excluding hydrogens is 276 g/mol. The minimum atomic E-state index is -0.129. The van der Waals surface area contributed by atoms with Crippen LogP contribution in [-0.4, -0.2) is 43.8 Å². The van der Waals surface area contributed by atoms with Crippen LogP contribution < -0.4 is 5.32 Å². The van der Waals surface area contributed by atoms with Crippen LogP contribution in [0.15, 0.2) is 0 Å². The van der Waals surface area contributed by atoms with Crippen LogP contribution in [-0.2, 0) is 4.74 Å². The predicted molar refractivity (Wildman–Crippen MR) is 92.2 cm³/mol. The highest BCUT2D eigenvalue weighted by atomic mass is 16.6. The van der Waals surface area contributed by atoms with Gasteiger partial charge in [-0.15, -0.1) is 0 Å². The summed E-state index contributed by atoms with van der Waals surface area (Å²) >= 11 is 0. The van der Waals surface area contributed by atoms with Crippen molar-refractivity contribution < 1.29 is 9.53 Å². The third-order valence-electron chi connectivity index (χ3n) is 4.67. The van der Waals surface area contributed by atoms with E-state index in [0.29, 0.717) is 12.5 Å². The van der Waals surface area contributed by atoms with Crippen molar-refractivity contribution in [3.63, 3.8) is 0 Å². The molecule has 1 fully saturated rings. The molecule has 0 bridgehead atoms. The maximum atomic E-state index is 11.9. The van der Waals surface area contributed by atoms with Crippen molar-refractivity contribution in [1.82, 2.24) is 10.2 Å². The number of hydrogen-bond donors (Lipinski definition) is 1. The summed E-state index contributed by atoms with van der Waals surface area (Å²) in [6.45, 7) is 8.39. The molecule has 1 unspecified atom stereocenters. The van der Waals surface area contributed by atoms with E-state index in [0.717, 1.165) is 32.6 Å². The molecule has 0 spiro atoms. The highest BCUT2D eigenvalue weighted by Gasteiger charge is 2.17. The zero-order valence-electron chi connectivity index (χ0n) is 14.7. The summed E-state index contributed by atoms with van der Waals surface area (Å²) in [5.41, 5.74) is 0. The van der Waals surface area contributed by atoms with Gasteiger partial charge in [0.25, 0.3) is 0 Å². The number of hydrogen-bond acceptors (Lipinski definition) is 3. The average Bonchev–Trinajstić information content (AvgIpc) is 2.57. The summed E-state index contributed by atoms with van der Waals surface area (Å²) in [4.78, 5) is 13.7. The van der Waals surface area contributed by atoms with E-state index in [2.05, 4.69) is 19.2 Å². The molecule has 0 aliphatic carbocycles. The molecule has 1 amide bonds. The lowest BCUT2D eigenvalue weighted by Gasteiger charge is -2.26. The Labute approximate surface area is 137 Å². The molecule has 0 aromatic heterocycles. The van der Waals surface area contributed by atoms with Gasteiger partial charge in [0.05, 0.1) is 6.61 Å². The molecule has 4 nitrogen and oxygen atoms in total. The first kappa shape index (κ1) is 19.3. The van der Waals surface area contributed by atoms with Gasteiger partial charge in [-0.05, 0) is 12.3 Å². The Morgan fingerprint density at radius 1 is 1.05 bits per heavy atom. The molecule has 22 heavy (non-hydrogen) atoms. The Kier molecular flexibility index (Phi) is 11.2. The van der Waals surface area contributed by atoms with Crippen LogP contribution in [0, 0.1) is 5.92 Å². The topological polar surface area (TPSA) is 41.6 Å². The molecule has 130 valence electrons. The zero-order chi connectivity index (χ0) is 16.0. The molecule has 0 aromatic rings. The molecule has 1 saturated heterocycles. The normalized spacial score (nSPS) is 16.5. The Hall–Kier alpha value is -0.770. The average molecular weight is 312 g/mol. The molecule has 0 saturated carbocycles. The molecule has 1 aliphatic heterocycles. The number of carbonyl (C=O) groups is 1. The lowest BCUT2D eigenvalue weighted by molar-refractivity contribution is 0.0916. The Morgan fingerprint density at radius 2 is 1.73 bits per heavy atom. The van der Waals surface area contributed by atoms with Gasteiger partial charge in [0.15, 0.2) is 0 Å². The first-order valence-electron chi connectivity index (χ1n) is 9.40. The molecule has 1 aliphatic rings. The smallest absolute Gasteiger partial charge is 0.409 e. The van der Waals surface area contributed by atoms with Gasteiger partial charge in [0.1, 0.15) is 0 Å². The van der Waals surface area contributed by atoms with Gasteiger partial charge < -0.3 is 15.0 Å². The number of carbonyl (C=O) groups excluding carboxylic acids is 1. The van der Waals surface area contributed by atoms with Crippen LogP contribution in [0.3, 0.4) is 0 Å². The summed E-state index contributed by atoms with van der Waals surface area (Å²) in [6.07, 6.45) is 11.5. The number of nitrogens with zero attached hydrogens (tertiary/aromatic N) is 1. The second-order valence-corrected chi connectivity index (χ2v) is 6.47. The fraction of sp³-hybridized carbons (Fsp3) is 0.944. The summed E-state index contributed by atoms with van der Waals surface area (Å²) in [5.74, 6) is 0.710. The van der Waals surface area contributed by atoms with Crippen LogP contribution in [0.25, 0.3) is 0 Å². The third-order valence-corrected chi connectivity index (χ3v) is 4.67. The Balaban J connectivity index is 2.03. The van der Waals surface area contributed by atoms with E-state index < -0.39 is 0 Å². The highest BCUT2D eigenvalue weighted by molar-refractivity contribution is 5.67. The fourth-order valence-electron chi connectivity index (χ4n) is 3.02. The van der Waals surface area contributed by atoms with Gasteiger partial charge in [-0.1, -0.05) is 65.2 Å². The zero-order valence-corrected chi connectivity index (χ0v) is 14.7. The molecule has 0 radical (unpaired) electrons. The maximum Gasteiger partial charge on any atom is 0.409 e. The van der Waals surface area contributed by atoms with Crippen molar-refractivity contribution >= 4 is 6.09 Å². The van der Waals surface area contributed by atoms with Gasteiger partial charge in [-0.25, -0.2) is 4.79 Å². The molecule has 1 atom stereocenters. The number of ether oxygens (including phenoxy) is 1. The lowest BCUT2D eigenvalue weighted by Crippen LogP contribution is -2.46. The number of rotatable bonds is 11. The van der Waals surface area contributed by atoms with Crippen molar-refractivity contribution in [2.24, 2.45) is 5.92 Å². The standard InChI is InChI=1S/C18H36N2O2/c1-3-5-6-7-8-9-10-17(4-2)11-16-22-18(21)20-14-12-19-13-15-20/h17,19H,3-16H2,1-2H3. The van der Waals surface area contributed by atoms with Crippen molar-refractivity contribution in [2.45, 2.75) is 71.6 Å². The second kappa shape index (κ2) is 12.7. The predicted octanol–water partition coefficient (Wildman–Crippen LogP) is 4.20. The summed E-state index contributed by atoms with van der Waals surface area (Å²) < 4.78 is 5.43. The van der Waals surface area contributed by atoms with E-state index >= 15 is 0 Å². The van der Waals surface area contributed by atoms with E-state index in [1.807, 2.05) is 4.90 Å². The van der Waals surface area contributed by atoms with E-state index in [4.69, 9.17) is 4.74 Å². The molecular formula is C18H36N2O2. The van der Waals surface area contributed by atoms with Crippen molar-refractivity contribution in [3.05, 3.63) is 0 Å². The second-order valence-electron chi connectivity index (χ2n) is 6.47. The maximum absolute atomic E-state index is 11.9. The SMILES string of the molecule is CCCCCCCCC(CC)CCOC(=O)N1CCNCC1. The van der Waals surface area contributed by atoms with Crippen molar-refractivity contribution in [1.29, 1.82) is 0 Å². The van der Waals surface area contributed by atoms with Gasteiger partial charge in [-0.3, -0.25) is 0 Å². The summed E-state index contributed by atoms with van der Waals surface area (Å²) in [5, 5.41) is 3.24. The first-order valence-corrected chi connectivity index (χ1v) is 9.40. The molecule has 1 rings (SSSR count). The molecule has 0 aromatic carbocycles. The molecule has 1 heterocycles. The Bertz CT molecular complexity index is 278. The number of piperazine rings is 1. The largest absolute Gasteiger partial charge is 0.449 e. The minimum Gasteiger partial charge on any atom is -0.449 e. The quantitative estimate of drug-likeness (QED) is 0.581. The first-order chi connectivity index (χ1) is 10.8. The molecule has 1 N–H and O–H groups in total. The van der Waals surface area contributed by atoms with Gasteiger partial charge in [0, 0.05) is 26.2 Å². The third kappa shape index (κ3) is 8.62. The van der Waals surface area contributed by atoms with Gasteiger partial charge in [-0.2, -0.15) is 0 Å². The van der Waals surface area contributed by atoms with E-state index in [1.54, 1.807) is 0 Å². The van der Waals surface area contributed by atoms with E-state index in [1.165, 1.54) is 51.4 Å². The minimum absolute atomic E-state index is 0.129. The van der Waals surface area contributed by atoms with E-state index in [9.17, 15) is 4.79 Å². The summed E-state index contributed by atoms with van der Waals surface area (Å²) in [6, 6.07) is 0. The van der Waals surface area contributed by atoms with Crippen LogP contribution in [0.2, 0.25) is 0 Å². The highest BCUT2D eigenvalue weighted by Crippen LogP contribution is 2.18. The van der Waals surface area contributed by atoms with Crippen molar-refractivity contribution in [2.75, 3.05) is 32.8 Å². The lowest BCUT2D eigenvalue weighted by atomic mass is 9.95. The number of unbranched alkanes of at least 4 members (excludes halogenated alkanes) is 5. The summed E-state index contributed by atoms with van der Waals surface area (Å²) in [7, 11) is 0. The van der Waals surface area contributed by atoms with Gasteiger partial charge in [0.2, 0.25) is 0 Å². The van der Waals surface area contributed by atoms with Crippen LogP contribution in [0.5, 0.6) is 0 Å². The van der Waals surface area contributed by atoms with Crippen LogP contribution >= 0.6 is 0 Å². The van der Waals surface area contributed by atoms with Crippen LogP contribution in [0.1, 0.15) is 71.6 Å². The number of nitrogens with one attached hydrogen (secondary N) is 1. The van der Waals surface area contributed by atoms with Gasteiger partial charge >= 0.3 is 6.09 Å². The Morgan fingerprint density at radius 3 is 2.41 bits per heavy atom. The monoisotopic (exact) mass is 312 g/mol. The fourth-order valence-corrected chi connectivity index (χ4v) is 3.02. The van der Waals surface area contributed by atoms with Crippen LogP contribution in [0.4, 0.5) is 4.79 Å². The van der Waals surface area contributed by atoms with E-state index in [-0.39, 0.29) is 6.09 Å². The molecule has 4 heteroatoms. The number of amides is 1.